The van der Waals surface area contributed by atoms with E-state index < -0.39 is 0 Å². The van der Waals surface area contributed by atoms with Crippen molar-refractivity contribution in [2.24, 2.45) is 0 Å². The van der Waals surface area contributed by atoms with Crippen LogP contribution in [0.3, 0.4) is 0 Å². The summed E-state index contributed by atoms with van der Waals surface area (Å²) in [6, 6.07) is 14.2. The summed E-state index contributed by atoms with van der Waals surface area (Å²) in [6.45, 7) is 8.37. The highest BCUT2D eigenvalue weighted by atomic mass is 16.5. The zero-order valence-corrected chi connectivity index (χ0v) is 19.3. The Balaban J connectivity index is 1.38. The van der Waals surface area contributed by atoms with Crippen LogP contribution in [0, 0.1) is 13.8 Å². The molecule has 1 saturated heterocycles. The Kier molecular flexibility index (Phi) is 7.10. The maximum absolute atomic E-state index is 12.5. The molecule has 3 aromatic rings. The summed E-state index contributed by atoms with van der Waals surface area (Å²) in [5, 5.41) is 3.10. The minimum Gasteiger partial charge on any atom is -0.494 e. The fourth-order valence-electron chi connectivity index (χ4n) is 4.18. The number of hydrogen-bond donors (Lipinski definition) is 1. The average molecular weight is 436 g/mol. The van der Waals surface area contributed by atoms with Gasteiger partial charge in [0, 0.05) is 13.2 Å². The van der Waals surface area contributed by atoms with Gasteiger partial charge in [-0.3, -0.25) is 4.79 Å². The Morgan fingerprint density at radius 3 is 2.84 bits per heavy atom. The molecule has 1 aromatic heterocycles. The molecule has 0 aliphatic carbocycles. The van der Waals surface area contributed by atoms with Crippen LogP contribution >= 0.6 is 0 Å². The van der Waals surface area contributed by atoms with Crippen LogP contribution in [0.2, 0.25) is 0 Å². The first-order chi connectivity index (χ1) is 15.5. The van der Waals surface area contributed by atoms with Crippen molar-refractivity contribution in [1.29, 1.82) is 0 Å². The molecule has 1 aliphatic heterocycles. The van der Waals surface area contributed by atoms with Crippen molar-refractivity contribution in [3.8, 4) is 5.75 Å². The summed E-state index contributed by atoms with van der Waals surface area (Å²) >= 11 is 0. The van der Waals surface area contributed by atoms with Crippen molar-refractivity contribution in [2.75, 3.05) is 13.2 Å². The van der Waals surface area contributed by atoms with E-state index in [4.69, 9.17) is 14.5 Å². The molecule has 1 aliphatic rings. The fraction of sp³-hybridized carbons (Fsp3) is 0.462. The van der Waals surface area contributed by atoms with Gasteiger partial charge in [-0.1, -0.05) is 18.2 Å². The number of benzene rings is 2. The number of nitrogens with zero attached hydrogens (tertiary/aromatic N) is 2. The van der Waals surface area contributed by atoms with Gasteiger partial charge in [0.25, 0.3) is 0 Å². The minimum atomic E-state index is -0.335. The van der Waals surface area contributed by atoms with Gasteiger partial charge in [-0.2, -0.15) is 0 Å². The van der Waals surface area contributed by atoms with Gasteiger partial charge >= 0.3 is 0 Å². The quantitative estimate of drug-likeness (QED) is 0.487. The summed E-state index contributed by atoms with van der Waals surface area (Å²) in [5.74, 6) is 1.76. The predicted octanol–water partition coefficient (Wildman–Crippen LogP) is 4.87. The molecule has 2 atom stereocenters. The van der Waals surface area contributed by atoms with Crippen molar-refractivity contribution in [1.82, 2.24) is 14.9 Å². The largest absolute Gasteiger partial charge is 0.494 e. The van der Waals surface area contributed by atoms with E-state index in [9.17, 15) is 4.79 Å². The summed E-state index contributed by atoms with van der Waals surface area (Å²) in [7, 11) is 0. The number of ether oxygens (including phenoxy) is 2. The van der Waals surface area contributed by atoms with Crippen LogP contribution in [0.15, 0.2) is 42.5 Å². The van der Waals surface area contributed by atoms with Gasteiger partial charge < -0.3 is 19.4 Å². The first-order valence-corrected chi connectivity index (χ1v) is 11.6. The van der Waals surface area contributed by atoms with Crippen LogP contribution in [0.5, 0.6) is 5.75 Å². The lowest BCUT2D eigenvalue weighted by molar-refractivity contribution is -0.130. The van der Waals surface area contributed by atoms with E-state index in [1.807, 2.05) is 31.2 Å². The molecule has 6 heteroatoms. The van der Waals surface area contributed by atoms with Crippen LogP contribution in [0.25, 0.3) is 11.0 Å². The Morgan fingerprint density at radius 1 is 1.22 bits per heavy atom. The number of hydrogen-bond acceptors (Lipinski definition) is 4. The molecule has 0 radical (unpaired) electrons. The van der Waals surface area contributed by atoms with Crippen molar-refractivity contribution in [3.05, 3.63) is 59.4 Å². The molecule has 1 N–H and O–H groups in total. The molecule has 2 unspecified atom stereocenters. The highest BCUT2D eigenvalue weighted by molar-refractivity contribution is 5.81. The second-order valence-corrected chi connectivity index (χ2v) is 8.64. The molecule has 2 heterocycles. The predicted molar refractivity (Wildman–Crippen MR) is 126 cm³/mol. The maximum Gasteiger partial charge on any atom is 0.249 e. The standard InChI is InChI=1S/C26H33N3O3/c1-18-12-13-21(17-19(18)2)31-15-7-6-14-29-23-10-5-4-9-22(23)28-25(29)20(3)27-26(30)24-11-8-16-32-24/h4-5,9-10,12-13,17,20,24H,6-8,11,14-16H2,1-3H3,(H,27,30). The Hall–Kier alpha value is -2.86. The zero-order valence-electron chi connectivity index (χ0n) is 19.3. The number of fused-ring (bicyclic) bond motifs is 1. The molecule has 4 rings (SSSR count). The van der Waals surface area contributed by atoms with E-state index in [1.165, 1.54) is 11.1 Å². The lowest BCUT2D eigenvalue weighted by Gasteiger charge is -2.18. The molecule has 0 bridgehead atoms. The Morgan fingerprint density at radius 2 is 2.06 bits per heavy atom. The van der Waals surface area contributed by atoms with Crippen molar-refractivity contribution in [3.63, 3.8) is 0 Å². The second kappa shape index (κ2) is 10.2. The van der Waals surface area contributed by atoms with E-state index in [2.05, 4.69) is 41.9 Å². The van der Waals surface area contributed by atoms with Crippen LogP contribution in [0.4, 0.5) is 0 Å². The summed E-state index contributed by atoms with van der Waals surface area (Å²) in [6.07, 6.45) is 3.29. The van der Waals surface area contributed by atoms with Gasteiger partial charge in [0.05, 0.1) is 23.7 Å². The van der Waals surface area contributed by atoms with E-state index in [0.29, 0.717) is 13.2 Å². The number of aromatic nitrogens is 2. The number of aryl methyl sites for hydroxylation is 3. The molecule has 6 nitrogen and oxygen atoms in total. The SMILES string of the molecule is Cc1ccc(OCCCCn2c(C(C)NC(=O)C3CCCO3)nc3ccccc32)cc1C. The molecule has 1 fully saturated rings. The van der Waals surface area contributed by atoms with Gasteiger partial charge in [-0.05, 0) is 81.8 Å². The molecule has 2 aromatic carbocycles. The van der Waals surface area contributed by atoms with Gasteiger partial charge in [0.15, 0.2) is 0 Å². The van der Waals surface area contributed by atoms with E-state index >= 15 is 0 Å². The Bertz CT molecular complexity index is 1070. The Labute approximate surface area is 189 Å². The second-order valence-electron chi connectivity index (χ2n) is 8.64. The highest BCUT2D eigenvalue weighted by Crippen LogP contribution is 2.23. The number of carbonyl (C=O) groups excluding carboxylic acids is 1. The third-order valence-electron chi connectivity index (χ3n) is 6.18. The molecule has 32 heavy (non-hydrogen) atoms. The zero-order chi connectivity index (χ0) is 22.5. The topological polar surface area (TPSA) is 65.4 Å². The van der Waals surface area contributed by atoms with Gasteiger partial charge in [0.2, 0.25) is 5.91 Å². The smallest absolute Gasteiger partial charge is 0.249 e. The normalized spacial score (nSPS) is 16.9. The molecular formula is C26H33N3O3. The van der Waals surface area contributed by atoms with Gasteiger partial charge in [-0.15, -0.1) is 0 Å². The van der Waals surface area contributed by atoms with E-state index in [0.717, 1.165) is 54.8 Å². The molecule has 1 amide bonds. The number of unbranched alkanes of at least 4 members (excludes halogenated alkanes) is 1. The fourth-order valence-corrected chi connectivity index (χ4v) is 4.18. The van der Waals surface area contributed by atoms with Crippen LogP contribution < -0.4 is 10.1 Å². The number of nitrogens with one attached hydrogen (secondary N) is 1. The molecule has 0 saturated carbocycles. The monoisotopic (exact) mass is 435 g/mol. The lowest BCUT2D eigenvalue weighted by atomic mass is 10.1. The van der Waals surface area contributed by atoms with Crippen molar-refractivity contribution in [2.45, 2.75) is 65.1 Å². The first kappa shape index (κ1) is 22.3. The summed E-state index contributed by atoms with van der Waals surface area (Å²) < 4.78 is 13.7. The average Bonchev–Trinajstić information content (AvgIpc) is 3.44. The summed E-state index contributed by atoms with van der Waals surface area (Å²) in [4.78, 5) is 17.4. The summed E-state index contributed by atoms with van der Waals surface area (Å²) in [5.41, 5.74) is 4.57. The number of rotatable bonds is 9. The number of carbonyl (C=O) groups is 1. The van der Waals surface area contributed by atoms with Crippen molar-refractivity contribution >= 4 is 16.9 Å². The maximum atomic E-state index is 12.5. The van der Waals surface area contributed by atoms with E-state index in [-0.39, 0.29) is 18.1 Å². The molecule has 0 spiro atoms. The molecule has 170 valence electrons. The van der Waals surface area contributed by atoms with Crippen LogP contribution in [0.1, 0.15) is 55.6 Å². The highest BCUT2D eigenvalue weighted by Gasteiger charge is 2.26. The van der Waals surface area contributed by atoms with Crippen LogP contribution in [-0.4, -0.2) is 34.8 Å². The van der Waals surface area contributed by atoms with Gasteiger partial charge in [0.1, 0.15) is 17.7 Å². The number of amides is 1. The first-order valence-electron chi connectivity index (χ1n) is 11.6. The number of para-hydroxylation sites is 2. The van der Waals surface area contributed by atoms with E-state index in [1.54, 1.807) is 0 Å². The lowest BCUT2D eigenvalue weighted by Crippen LogP contribution is -2.36. The molecular weight excluding hydrogens is 402 g/mol. The van der Waals surface area contributed by atoms with Crippen molar-refractivity contribution < 1.29 is 14.3 Å². The third-order valence-corrected chi connectivity index (χ3v) is 6.18. The van der Waals surface area contributed by atoms with Crippen LogP contribution in [-0.2, 0) is 16.1 Å². The minimum absolute atomic E-state index is 0.0459. The van der Waals surface area contributed by atoms with Gasteiger partial charge in [-0.25, -0.2) is 4.98 Å². The third kappa shape index (κ3) is 5.13. The number of imidazole rings is 1.